The van der Waals surface area contributed by atoms with E-state index in [1.807, 2.05) is 6.07 Å². The minimum Gasteiger partial charge on any atom is -0.356 e. The predicted octanol–water partition coefficient (Wildman–Crippen LogP) is 2.96. The van der Waals surface area contributed by atoms with Gasteiger partial charge >= 0.3 is 0 Å². The molecule has 1 aromatic carbocycles. The van der Waals surface area contributed by atoms with Gasteiger partial charge in [-0.05, 0) is 43.2 Å². The fourth-order valence-electron chi connectivity index (χ4n) is 2.19. The minimum absolute atomic E-state index is 0.253. The molecule has 0 saturated carbocycles. The van der Waals surface area contributed by atoms with Crippen LogP contribution in [0.3, 0.4) is 0 Å². The Morgan fingerprint density at radius 3 is 2.53 bits per heavy atom. The minimum atomic E-state index is -0.253. The van der Waals surface area contributed by atoms with Gasteiger partial charge in [-0.2, -0.15) is 4.98 Å². The summed E-state index contributed by atoms with van der Waals surface area (Å²) < 4.78 is 12.8. The van der Waals surface area contributed by atoms with Gasteiger partial charge in [-0.1, -0.05) is 0 Å². The Morgan fingerprint density at radius 2 is 1.79 bits per heavy atom. The number of rotatable bonds is 3. The number of anilines is 3. The molecule has 3 rings (SSSR count). The normalized spacial score (nSPS) is 14.7. The lowest BCUT2D eigenvalue weighted by molar-refractivity contribution is 0.628. The fourth-order valence-corrected chi connectivity index (χ4v) is 2.19. The molecule has 1 aliphatic rings. The molecule has 0 radical (unpaired) electrons. The molecule has 1 saturated heterocycles. The van der Waals surface area contributed by atoms with Crippen LogP contribution in [0.2, 0.25) is 0 Å². The number of halogens is 1. The zero-order chi connectivity index (χ0) is 13.1. The zero-order valence-electron chi connectivity index (χ0n) is 10.5. The second kappa shape index (κ2) is 5.22. The van der Waals surface area contributed by atoms with E-state index in [2.05, 4.69) is 20.2 Å². The van der Waals surface area contributed by atoms with Gasteiger partial charge in [0.2, 0.25) is 5.95 Å². The predicted molar refractivity (Wildman–Crippen MR) is 73.2 cm³/mol. The van der Waals surface area contributed by atoms with Crippen molar-refractivity contribution in [1.82, 2.24) is 9.97 Å². The maximum Gasteiger partial charge on any atom is 0.229 e. The average molecular weight is 258 g/mol. The van der Waals surface area contributed by atoms with Crippen molar-refractivity contribution in [1.29, 1.82) is 0 Å². The molecule has 0 aliphatic carbocycles. The maximum atomic E-state index is 12.8. The highest BCUT2D eigenvalue weighted by Crippen LogP contribution is 2.20. The molecule has 0 unspecified atom stereocenters. The van der Waals surface area contributed by atoms with Gasteiger partial charge in [-0.3, -0.25) is 0 Å². The molecular formula is C14H15FN4. The number of benzene rings is 1. The molecule has 1 fully saturated rings. The van der Waals surface area contributed by atoms with Gasteiger partial charge in [0.05, 0.1) is 0 Å². The summed E-state index contributed by atoms with van der Waals surface area (Å²) in [5.41, 5.74) is 0.778. The smallest absolute Gasteiger partial charge is 0.229 e. The highest BCUT2D eigenvalue weighted by Gasteiger charge is 2.13. The van der Waals surface area contributed by atoms with Gasteiger partial charge in [-0.25, -0.2) is 9.37 Å². The van der Waals surface area contributed by atoms with Crippen LogP contribution in [0.4, 0.5) is 21.8 Å². The van der Waals surface area contributed by atoms with E-state index < -0.39 is 0 Å². The largest absolute Gasteiger partial charge is 0.356 e. The van der Waals surface area contributed by atoms with Crippen LogP contribution in [-0.4, -0.2) is 23.1 Å². The summed E-state index contributed by atoms with van der Waals surface area (Å²) in [7, 11) is 0. The third kappa shape index (κ3) is 2.81. The van der Waals surface area contributed by atoms with Crippen molar-refractivity contribution in [2.45, 2.75) is 12.8 Å². The van der Waals surface area contributed by atoms with Gasteiger partial charge in [0.1, 0.15) is 11.6 Å². The van der Waals surface area contributed by atoms with Gasteiger partial charge in [-0.15, -0.1) is 0 Å². The first kappa shape index (κ1) is 11.9. The van der Waals surface area contributed by atoms with E-state index >= 15 is 0 Å². The molecule has 0 bridgehead atoms. The Bertz CT molecular complexity index is 550. The molecule has 19 heavy (non-hydrogen) atoms. The van der Waals surface area contributed by atoms with Crippen molar-refractivity contribution in [2.75, 3.05) is 23.3 Å². The maximum absolute atomic E-state index is 12.8. The molecule has 4 nitrogen and oxygen atoms in total. The SMILES string of the molecule is Fc1ccc(Nc2nccc(N3CCCC3)n2)cc1. The topological polar surface area (TPSA) is 41.1 Å². The summed E-state index contributed by atoms with van der Waals surface area (Å²) in [6, 6.07) is 8.07. The van der Waals surface area contributed by atoms with Crippen LogP contribution in [0.15, 0.2) is 36.5 Å². The summed E-state index contributed by atoms with van der Waals surface area (Å²) in [6.07, 6.45) is 4.17. The molecule has 1 aliphatic heterocycles. The number of hydrogen-bond donors (Lipinski definition) is 1. The molecule has 0 amide bonds. The van der Waals surface area contributed by atoms with Crippen LogP contribution in [0, 0.1) is 5.82 Å². The zero-order valence-corrected chi connectivity index (χ0v) is 10.5. The third-order valence-electron chi connectivity index (χ3n) is 3.17. The Morgan fingerprint density at radius 1 is 1.05 bits per heavy atom. The molecule has 2 aromatic rings. The molecule has 98 valence electrons. The van der Waals surface area contributed by atoms with Crippen molar-refractivity contribution in [2.24, 2.45) is 0 Å². The highest BCUT2D eigenvalue weighted by molar-refractivity contribution is 5.54. The monoisotopic (exact) mass is 258 g/mol. The van der Waals surface area contributed by atoms with Crippen LogP contribution < -0.4 is 10.2 Å². The molecule has 5 heteroatoms. The summed E-state index contributed by atoms with van der Waals surface area (Å²) >= 11 is 0. The van der Waals surface area contributed by atoms with Crippen LogP contribution in [-0.2, 0) is 0 Å². The first-order valence-corrected chi connectivity index (χ1v) is 6.42. The summed E-state index contributed by atoms with van der Waals surface area (Å²) in [5, 5.41) is 3.08. The molecule has 0 spiro atoms. The van der Waals surface area contributed by atoms with Crippen molar-refractivity contribution in [3.05, 3.63) is 42.3 Å². The van der Waals surface area contributed by atoms with Crippen molar-refractivity contribution < 1.29 is 4.39 Å². The first-order chi connectivity index (χ1) is 9.31. The summed E-state index contributed by atoms with van der Waals surface area (Å²) in [6.45, 7) is 2.10. The van der Waals surface area contributed by atoms with Crippen LogP contribution in [0.25, 0.3) is 0 Å². The van der Waals surface area contributed by atoms with Crippen LogP contribution in [0.5, 0.6) is 0 Å². The standard InChI is InChI=1S/C14H15FN4/c15-11-3-5-12(6-4-11)17-14-16-8-7-13(18-14)19-9-1-2-10-19/h3-8H,1-2,9-10H2,(H,16,17,18). The van der Waals surface area contributed by atoms with E-state index in [4.69, 9.17) is 0 Å². The highest BCUT2D eigenvalue weighted by atomic mass is 19.1. The van der Waals surface area contributed by atoms with Gasteiger partial charge in [0.25, 0.3) is 0 Å². The lowest BCUT2D eigenvalue weighted by atomic mass is 10.3. The molecular weight excluding hydrogens is 243 g/mol. The second-order valence-corrected chi connectivity index (χ2v) is 4.56. The Balaban J connectivity index is 1.77. The molecule has 2 heterocycles. The molecule has 1 N–H and O–H groups in total. The Labute approximate surface area is 111 Å². The Hall–Kier alpha value is -2.17. The van der Waals surface area contributed by atoms with E-state index in [0.717, 1.165) is 24.6 Å². The average Bonchev–Trinajstić information content (AvgIpc) is 2.96. The van der Waals surface area contributed by atoms with Crippen LogP contribution in [0.1, 0.15) is 12.8 Å². The van der Waals surface area contributed by atoms with Crippen LogP contribution >= 0.6 is 0 Å². The Kier molecular flexibility index (Phi) is 3.27. The van der Waals surface area contributed by atoms with E-state index in [1.165, 1.54) is 25.0 Å². The molecule has 1 aromatic heterocycles. The number of hydrogen-bond acceptors (Lipinski definition) is 4. The quantitative estimate of drug-likeness (QED) is 0.919. The lowest BCUT2D eigenvalue weighted by Crippen LogP contribution is -2.19. The van der Waals surface area contributed by atoms with Crippen molar-refractivity contribution in [3.63, 3.8) is 0 Å². The second-order valence-electron chi connectivity index (χ2n) is 4.56. The number of nitrogens with one attached hydrogen (secondary N) is 1. The summed E-state index contributed by atoms with van der Waals surface area (Å²) in [4.78, 5) is 10.9. The third-order valence-corrected chi connectivity index (χ3v) is 3.17. The first-order valence-electron chi connectivity index (χ1n) is 6.42. The lowest BCUT2D eigenvalue weighted by Gasteiger charge is -2.16. The van der Waals surface area contributed by atoms with E-state index in [1.54, 1.807) is 18.3 Å². The number of aromatic nitrogens is 2. The van der Waals surface area contributed by atoms with Crippen molar-refractivity contribution >= 4 is 17.5 Å². The van der Waals surface area contributed by atoms with E-state index in [-0.39, 0.29) is 5.82 Å². The van der Waals surface area contributed by atoms with Gasteiger partial charge in [0.15, 0.2) is 0 Å². The van der Waals surface area contributed by atoms with Crippen molar-refractivity contribution in [3.8, 4) is 0 Å². The number of nitrogens with zero attached hydrogens (tertiary/aromatic N) is 3. The van der Waals surface area contributed by atoms with Gasteiger partial charge in [0, 0.05) is 25.0 Å². The van der Waals surface area contributed by atoms with Gasteiger partial charge < -0.3 is 10.2 Å². The molecule has 0 atom stereocenters. The van der Waals surface area contributed by atoms with E-state index in [9.17, 15) is 4.39 Å². The van der Waals surface area contributed by atoms with E-state index in [0.29, 0.717) is 5.95 Å². The summed E-state index contributed by atoms with van der Waals surface area (Å²) in [5.74, 6) is 1.23. The fraction of sp³-hybridized carbons (Fsp3) is 0.286.